The number of imide groups is 1. The topological polar surface area (TPSA) is 123 Å². The third-order valence-electron chi connectivity index (χ3n) is 5.12. The average molecular weight is 427 g/mol. The molecule has 4 rings (SSSR count). The lowest BCUT2D eigenvalue weighted by molar-refractivity contribution is -0.118. The number of sulfonamides is 1. The maximum absolute atomic E-state index is 12.7. The molecule has 0 saturated heterocycles. The van der Waals surface area contributed by atoms with Gasteiger partial charge in [-0.15, -0.1) is 0 Å². The predicted octanol–water partition coefficient (Wildman–Crippen LogP) is 1.81. The number of benzene rings is 1. The van der Waals surface area contributed by atoms with Gasteiger partial charge < -0.3 is 4.57 Å². The van der Waals surface area contributed by atoms with Gasteiger partial charge in [-0.25, -0.2) is 27.9 Å². The van der Waals surface area contributed by atoms with Crippen molar-refractivity contribution in [2.75, 3.05) is 6.54 Å². The van der Waals surface area contributed by atoms with Crippen molar-refractivity contribution in [3.05, 3.63) is 41.6 Å². The molecule has 0 fully saturated rings. The van der Waals surface area contributed by atoms with E-state index in [0.29, 0.717) is 6.54 Å². The molecule has 1 aliphatic heterocycles. The van der Waals surface area contributed by atoms with Crippen molar-refractivity contribution in [1.82, 2.24) is 19.6 Å². The molecule has 1 aliphatic rings. The number of aryl methyl sites for hydroxylation is 2. The fraction of sp³-hybridized carbons (Fsp3) is 0.300. The molecule has 30 heavy (non-hydrogen) atoms. The fourth-order valence-electron chi connectivity index (χ4n) is 3.96. The number of para-hydroxylation sites is 1. The SMILES string of the molecule is CC1=NC(=O)NC(=O)[C@H]1S(=O)(=O)NCCn1c2ccccc2c2c(C)cc(C)nc21. The summed E-state index contributed by atoms with van der Waals surface area (Å²) in [6, 6.07) is 9.04. The van der Waals surface area contributed by atoms with Crippen LogP contribution in [0.15, 0.2) is 35.3 Å². The number of pyridine rings is 1. The number of nitrogens with zero attached hydrogens (tertiary/aromatic N) is 3. The van der Waals surface area contributed by atoms with Gasteiger partial charge in [0.2, 0.25) is 10.0 Å². The quantitative estimate of drug-likeness (QED) is 0.643. The van der Waals surface area contributed by atoms with E-state index in [0.717, 1.165) is 33.2 Å². The molecule has 3 amide bonds. The minimum Gasteiger partial charge on any atom is -0.324 e. The Labute approximate surface area is 173 Å². The van der Waals surface area contributed by atoms with E-state index in [1.807, 2.05) is 54.1 Å². The molecule has 9 nitrogen and oxygen atoms in total. The summed E-state index contributed by atoms with van der Waals surface area (Å²) in [7, 11) is -4.06. The Morgan fingerprint density at radius 3 is 2.63 bits per heavy atom. The van der Waals surface area contributed by atoms with Crippen LogP contribution in [0, 0.1) is 13.8 Å². The molecule has 0 saturated carbocycles. The van der Waals surface area contributed by atoms with E-state index in [1.165, 1.54) is 6.92 Å². The van der Waals surface area contributed by atoms with E-state index < -0.39 is 27.2 Å². The molecule has 0 spiro atoms. The van der Waals surface area contributed by atoms with Gasteiger partial charge in [0.05, 0.1) is 5.52 Å². The zero-order valence-electron chi connectivity index (χ0n) is 16.8. The lowest BCUT2D eigenvalue weighted by Gasteiger charge is -2.20. The molecule has 0 radical (unpaired) electrons. The monoisotopic (exact) mass is 427 g/mol. The van der Waals surface area contributed by atoms with Crippen LogP contribution >= 0.6 is 0 Å². The normalized spacial score (nSPS) is 17.4. The van der Waals surface area contributed by atoms with Crippen LogP contribution in [-0.4, -0.2) is 47.4 Å². The lowest BCUT2D eigenvalue weighted by Crippen LogP contribution is -2.53. The summed E-state index contributed by atoms with van der Waals surface area (Å²) in [4.78, 5) is 31.5. The van der Waals surface area contributed by atoms with Crippen LogP contribution in [0.25, 0.3) is 21.9 Å². The Morgan fingerprint density at radius 2 is 1.90 bits per heavy atom. The third-order valence-corrected chi connectivity index (χ3v) is 6.90. The molecule has 2 aromatic heterocycles. The van der Waals surface area contributed by atoms with E-state index in [4.69, 9.17) is 0 Å². The van der Waals surface area contributed by atoms with Crippen LogP contribution in [0.5, 0.6) is 0 Å². The smallest absolute Gasteiger partial charge is 0.324 e. The van der Waals surface area contributed by atoms with E-state index in [2.05, 4.69) is 14.7 Å². The lowest BCUT2D eigenvalue weighted by atomic mass is 10.1. The Hall–Kier alpha value is -3.11. The zero-order chi connectivity index (χ0) is 21.6. The third kappa shape index (κ3) is 3.37. The summed E-state index contributed by atoms with van der Waals surface area (Å²) in [6.07, 6.45) is 0. The minimum atomic E-state index is -4.06. The number of hydrogen-bond acceptors (Lipinski definition) is 5. The van der Waals surface area contributed by atoms with Crippen molar-refractivity contribution < 1.29 is 18.0 Å². The number of rotatable bonds is 5. The molecule has 156 valence electrons. The molecule has 0 unspecified atom stereocenters. The first-order chi connectivity index (χ1) is 14.2. The maximum Gasteiger partial charge on any atom is 0.347 e. The fourth-order valence-corrected chi connectivity index (χ4v) is 5.35. The van der Waals surface area contributed by atoms with E-state index in [1.54, 1.807) is 0 Å². The van der Waals surface area contributed by atoms with Crippen molar-refractivity contribution in [3.8, 4) is 0 Å². The number of carbonyl (C=O) groups excluding carboxylic acids is 2. The van der Waals surface area contributed by atoms with Gasteiger partial charge in [-0.1, -0.05) is 18.2 Å². The van der Waals surface area contributed by atoms with Gasteiger partial charge in [-0.05, 0) is 38.5 Å². The van der Waals surface area contributed by atoms with E-state index in [-0.39, 0.29) is 12.3 Å². The summed E-state index contributed by atoms with van der Waals surface area (Å²) in [5.41, 5.74) is 3.66. The van der Waals surface area contributed by atoms with Gasteiger partial charge in [-0.3, -0.25) is 10.1 Å². The number of hydrogen-bond donors (Lipinski definition) is 2. The first-order valence-corrected chi connectivity index (χ1v) is 11.0. The van der Waals surface area contributed by atoms with Crippen LogP contribution in [0.4, 0.5) is 4.79 Å². The van der Waals surface area contributed by atoms with Gasteiger partial charge in [0.1, 0.15) is 5.65 Å². The Bertz CT molecular complexity index is 1340. The maximum atomic E-state index is 12.7. The summed E-state index contributed by atoms with van der Waals surface area (Å²) in [6.45, 7) is 5.67. The number of carbonyl (C=O) groups is 2. The second kappa shape index (κ2) is 7.29. The number of urea groups is 1. The molecule has 1 aromatic carbocycles. The molecular formula is C20H21N5O4S. The van der Waals surface area contributed by atoms with Gasteiger partial charge in [0, 0.05) is 35.3 Å². The molecule has 0 bridgehead atoms. The highest BCUT2D eigenvalue weighted by Crippen LogP contribution is 2.30. The summed E-state index contributed by atoms with van der Waals surface area (Å²) >= 11 is 0. The van der Waals surface area contributed by atoms with Crippen molar-refractivity contribution in [3.63, 3.8) is 0 Å². The van der Waals surface area contributed by atoms with Crippen LogP contribution < -0.4 is 10.0 Å². The van der Waals surface area contributed by atoms with Crippen LogP contribution in [-0.2, 0) is 21.4 Å². The molecular weight excluding hydrogens is 406 g/mol. The molecule has 1 atom stereocenters. The van der Waals surface area contributed by atoms with Crippen LogP contribution in [0.1, 0.15) is 18.2 Å². The molecule has 3 aromatic rings. The van der Waals surface area contributed by atoms with Crippen molar-refractivity contribution in [1.29, 1.82) is 0 Å². The summed E-state index contributed by atoms with van der Waals surface area (Å²) < 4.78 is 29.8. The van der Waals surface area contributed by atoms with Gasteiger partial charge >= 0.3 is 6.03 Å². The van der Waals surface area contributed by atoms with Crippen LogP contribution in [0.3, 0.4) is 0 Å². The Morgan fingerprint density at radius 1 is 1.17 bits per heavy atom. The standard InChI is InChI=1S/C20H21N5O4S/c1-11-10-12(2)22-18-16(11)14-6-4-5-7-15(14)25(18)9-8-21-30(28,29)17-13(3)23-20(27)24-19(17)26/h4-7,10,17,21H,8-9H2,1-3H3,(H,24,26,27)/t17-/m0/s1. The molecule has 0 aliphatic carbocycles. The van der Waals surface area contributed by atoms with Gasteiger partial charge in [0.25, 0.3) is 5.91 Å². The van der Waals surface area contributed by atoms with Crippen LogP contribution in [0.2, 0.25) is 0 Å². The Balaban J connectivity index is 1.65. The second-order valence-electron chi connectivity index (χ2n) is 7.31. The van der Waals surface area contributed by atoms with E-state index >= 15 is 0 Å². The molecule has 10 heteroatoms. The first kappa shape index (κ1) is 20.2. The highest BCUT2D eigenvalue weighted by molar-refractivity contribution is 7.91. The average Bonchev–Trinajstić information content (AvgIpc) is 2.94. The molecule has 3 heterocycles. The first-order valence-electron chi connectivity index (χ1n) is 9.42. The molecule has 2 N–H and O–H groups in total. The largest absolute Gasteiger partial charge is 0.347 e. The van der Waals surface area contributed by atoms with Crippen molar-refractivity contribution >= 4 is 49.6 Å². The minimum absolute atomic E-state index is 0.0514. The van der Waals surface area contributed by atoms with E-state index in [9.17, 15) is 18.0 Å². The van der Waals surface area contributed by atoms with Gasteiger partial charge in [-0.2, -0.15) is 0 Å². The van der Waals surface area contributed by atoms with Gasteiger partial charge in [0.15, 0.2) is 5.25 Å². The summed E-state index contributed by atoms with van der Waals surface area (Å²) in [5, 5.41) is 2.48. The second-order valence-corrected chi connectivity index (χ2v) is 9.17. The summed E-state index contributed by atoms with van der Waals surface area (Å²) in [5.74, 6) is -0.898. The number of aromatic nitrogens is 2. The van der Waals surface area contributed by atoms with Crippen molar-refractivity contribution in [2.45, 2.75) is 32.6 Å². The number of aliphatic imine (C=N–C) groups is 1. The number of amides is 3. The zero-order valence-corrected chi connectivity index (χ0v) is 17.6. The number of nitrogens with one attached hydrogen (secondary N) is 2. The highest BCUT2D eigenvalue weighted by Gasteiger charge is 2.39. The highest BCUT2D eigenvalue weighted by atomic mass is 32.2. The number of fused-ring (bicyclic) bond motifs is 3. The predicted molar refractivity (Wildman–Crippen MR) is 114 cm³/mol. The Kier molecular flexibility index (Phi) is 4.91. The van der Waals surface area contributed by atoms with Crippen molar-refractivity contribution in [2.24, 2.45) is 4.99 Å².